The summed E-state index contributed by atoms with van der Waals surface area (Å²) in [6.07, 6.45) is 0. The molecule has 0 amide bonds. The lowest BCUT2D eigenvalue weighted by Crippen LogP contribution is -2.51. The van der Waals surface area contributed by atoms with Gasteiger partial charge in [0.15, 0.2) is 7.14 Å². The number of hydrogen-bond acceptors (Lipinski definition) is 7. The van der Waals surface area contributed by atoms with Crippen molar-refractivity contribution in [2.45, 2.75) is 26.2 Å². The third-order valence-electron chi connectivity index (χ3n) is 7.99. The molecule has 6 aromatic rings. The van der Waals surface area contributed by atoms with Crippen molar-refractivity contribution in [2.75, 3.05) is 5.43 Å². The Morgan fingerprint density at radius 1 is 0.660 bits per heavy atom. The Bertz CT molecular complexity index is 2010. The number of rotatable bonds is 9. The number of aryl methyl sites for hydroxylation is 3. The summed E-state index contributed by atoms with van der Waals surface area (Å²) in [5.41, 5.74) is 9.91. The molecule has 1 aromatic heterocycles. The highest BCUT2D eigenvalue weighted by Gasteiger charge is 2.52. The van der Waals surface area contributed by atoms with Gasteiger partial charge in [-0.1, -0.05) is 134 Å². The quantitative estimate of drug-likeness (QED) is 0.0772. The van der Waals surface area contributed by atoms with Crippen molar-refractivity contribution in [1.82, 2.24) is 20.6 Å². The molecule has 0 saturated carbocycles. The first kappa shape index (κ1) is 32.9. The van der Waals surface area contributed by atoms with Gasteiger partial charge in [0.2, 0.25) is 5.47 Å². The van der Waals surface area contributed by atoms with Crippen molar-refractivity contribution in [3.05, 3.63) is 153 Å². The summed E-state index contributed by atoms with van der Waals surface area (Å²) in [5, 5.41) is 23.0. The van der Waals surface area contributed by atoms with E-state index >= 15 is 4.57 Å². The Hall–Kier alpha value is -3.98. The fourth-order valence-electron chi connectivity index (χ4n) is 5.96. The molecule has 3 N–H and O–H groups in total. The number of benzene rings is 5. The third-order valence-corrected chi connectivity index (χ3v) is 12.3. The minimum absolute atomic E-state index is 0.0947. The van der Waals surface area contributed by atoms with Crippen molar-refractivity contribution in [1.29, 1.82) is 0 Å². The second kappa shape index (κ2) is 13.6. The molecule has 6 rings (SSSR count). The second-order valence-electron chi connectivity index (χ2n) is 11.3. The first-order valence-corrected chi connectivity index (χ1v) is 18.2. The Balaban J connectivity index is 1.52. The van der Waals surface area contributed by atoms with Gasteiger partial charge in [0, 0.05) is 36.2 Å². The number of aromatic nitrogens is 3. The number of aliphatic hydroxyl groups is 1. The maximum Gasteiger partial charge on any atom is 0.257 e. The summed E-state index contributed by atoms with van der Waals surface area (Å²) in [6.45, 7) is 5.83. The molecular formula is C37H32Br2N5O2P. The van der Waals surface area contributed by atoms with Crippen molar-refractivity contribution >= 4 is 55.6 Å². The van der Waals surface area contributed by atoms with Crippen molar-refractivity contribution in [3.8, 4) is 22.5 Å². The van der Waals surface area contributed by atoms with E-state index in [1.165, 1.54) is 0 Å². The molecule has 10 heteroatoms. The van der Waals surface area contributed by atoms with Gasteiger partial charge in [0.05, 0.1) is 0 Å². The van der Waals surface area contributed by atoms with Crippen LogP contribution in [-0.4, -0.2) is 20.3 Å². The lowest BCUT2D eigenvalue weighted by molar-refractivity contribution is 0.0935. The molecule has 1 heterocycles. The Morgan fingerprint density at radius 2 is 1.13 bits per heavy atom. The van der Waals surface area contributed by atoms with E-state index in [0.29, 0.717) is 27.6 Å². The average molecular weight is 769 g/mol. The van der Waals surface area contributed by atoms with Gasteiger partial charge in [0.1, 0.15) is 11.4 Å². The topological polar surface area (TPSA) is 100 Å². The Kier molecular flexibility index (Phi) is 9.55. The molecule has 0 aliphatic rings. The normalized spacial score (nSPS) is 12.8. The van der Waals surface area contributed by atoms with E-state index in [-0.39, 0.29) is 5.95 Å². The smallest absolute Gasteiger partial charge is 0.257 e. The molecule has 0 spiro atoms. The van der Waals surface area contributed by atoms with Gasteiger partial charge in [-0.05, 0) is 56.2 Å². The van der Waals surface area contributed by atoms with Crippen LogP contribution in [0.5, 0.6) is 0 Å². The van der Waals surface area contributed by atoms with Crippen molar-refractivity contribution < 1.29 is 9.67 Å². The van der Waals surface area contributed by atoms with Crippen LogP contribution in [0.2, 0.25) is 0 Å². The van der Waals surface area contributed by atoms with Gasteiger partial charge < -0.3 is 9.67 Å². The van der Waals surface area contributed by atoms with Gasteiger partial charge >= 0.3 is 0 Å². The van der Waals surface area contributed by atoms with Gasteiger partial charge in [0.25, 0.3) is 5.95 Å². The van der Waals surface area contributed by atoms with Gasteiger partial charge in [-0.15, -0.1) is 10.2 Å². The van der Waals surface area contributed by atoms with E-state index in [2.05, 4.69) is 52.9 Å². The predicted octanol–water partition coefficient (Wildman–Crippen LogP) is 8.39. The monoisotopic (exact) mass is 767 g/mol. The summed E-state index contributed by atoms with van der Waals surface area (Å²) in [6, 6.07) is 37.7. The lowest BCUT2D eigenvalue weighted by Gasteiger charge is -2.39. The van der Waals surface area contributed by atoms with Crippen molar-refractivity contribution in [3.63, 3.8) is 0 Å². The minimum Gasteiger partial charge on any atom is -0.364 e. The summed E-state index contributed by atoms with van der Waals surface area (Å²) < 4.78 is 17.7. The standard InChI is InChI=1S/C37H32Br2N5O2P/c1-24-22-25(2)33(26(3)23-24)37(45,47(46,31-10-6-4-7-11-31)32-12-8-5-9-13-32)44-43-36-40-34(27-14-18-29(38)19-15-27)35(41-42-36)28-16-20-30(39)21-17-28/h4-23,44-45H,1-3H3,(H,40,42,43). The molecule has 1 unspecified atom stereocenters. The minimum atomic E-state index is -3.92. The fourth-order valence-corrected chi connectivity index (χ4v) is 9.60. The van der Waals surface area contributed by atoms with Crippen LogP contribution in [0.1, 0.15) is 22.3 Å². The molecule has 0 radical (unpaired) electrons. The molecule has 47 heavy (non-hydrogen) atoms. The first-order valence-electron chi connectivity index (χ1n) is 14.9. The largest absolute Gasteiger partial charge is 0.364 e. The molecule has 1 atom stereocenters. The molecule has 0 aliphatic carbocycles. The molecular weight excluding hydrogens is 737 g/mol. The van der Waals surface area contributed by atoms with Crippen LogP contribution in [0.3, 0.4) is 0 Å². The predicted molar refractivity (Wildman–Crippen MR) is 197 cm³/mol. The third kappa shape index (κ3) is 6.47. The van der Waals surface area contributed by atoms with Crippen LogP contribution in [0.4, 0.5) is 5.95 Å². The highest BCUT2D eigenvalue weighted by Crippen LogP contribution is 2.59. The zero-order valence-electron chi connectivity index (χ0n) is 25.9. The van der Waals surface area contributed by atoms with E-state index in [1.807, 2.05) is 118 Å². The van der Waals surface area contributed by atoms with E-state index in [1.54, 1.807) is 24.3 Å². The maximum atomic E-state index is 15.8. The van der Waals surface area contributed by atoms with Crippen LogP contribution in [0.25, 0.3) is 22.5 Å². The number of halogens is 2. The van der Waals surface area contributed by atoms with Crippen LogP contribution in [0.15, 0.2) is 130 Å². The number of hydrazine groups is 1. The van der Waals surface area contributed by atoms with Gasteiger partial charge in [-0.2, -0.15) is 5.43 Å². The Labute approximate surface area is 291 Å². The molecule has 0 saturated heterocycles. The molecule has 5 aromatic carbocycles. The number of nitrogens with zero attached hydrogens (tertiary/aromatic N) is 3. The summed E-state index contributed by atoms with van der Waals surface area (Å²) >= 11 is 7.02. The fraction of sp³-hybridized carbons (Fsp3) is 0.108. The number of anilines is 1. The molecule has 7 nitrogen and oxygen atoms in total. The van der Waals surface area contributed by atoms with Gasteiger partial charge in [-0.25, -0.2) is 4.98 Å². The van der Waals surface area contributed by atoms with Crippen LogP contribution in [-0.2, 0) is 10.0 Å². The summed E-state index contributed by atoms with van der Waals surface area (Å²) in [4.78, 5) is 4.88. The molecule has 236 valence electrons. The van der Waals surface area contributed by atoms with E-state index in [0.717, 1.165) is 36.8 Å². The first-order chi connectivity index (χ1) is 22.6. The summed E-state index contributed by atoms with van der Waals surface area (Å²) in [7, 11) is -3.92. The summed E-state index contributed by atoms with van der Waals surface area (Å²) in [5.74, 6) is 0.0947. The van der Waals surface area contributed by atoms with Crippen molar-refractivity contribution in [2.24, 2.45) is 0 Å². The molecule has 0 fully saturated rings. The van der Waals surface area contributed by atoms with Crippen LogP contribution >= 0.6 is 39.0 Å². The second-order valence-corrected chi connectivity index (χ2v) is 16.1. The molecule has 0 aliphatic heterocycles. The zero-order chi connectivity index (χ0) is 33.2. The maximum absolute atomic E-state index is 15.8. The molecule has 0 bridgehead atoms. The van der Waals surface area contributed by atoms with Gasteiger partial charge in [-0.3, -0.25) is 5.43 Å². The van der Waals surface area contributed by atoms with Crippen LogP contribution < -0.4 is 21.5 Å². The highest BCUT2D eigenvalue weighted by molar-refractivity contribution is 9.10. The lowest BCUT2D eigenvalue weighted by atomic mass is 9.98. The highest BCUT2D eigenvalue weighted by atomic mass is 79.9. The SMILES string of the molecule is Cc1cc(C)c(C(O)(NNc2nnc(-c3ccc(Br)cc3)c(-c3ccc(Br)cc3)n2)P(=O)(c2ccccc2)c2ccccc2)c(C)c1. The van der Waals surface area contributed by atoms with Crippen LogP contribution in [0, 0.1) is 20.8 Å². The number of hydrogen-bond donors (Lipinski definition) is 3. The average Bonchev–Trinajstić information content (AvgIpc) is 3.08. The zero-order valence-corrected chi connectivity index (χ0v) is 30.0. The van der Waals surface area contributed by atoms with E-state index in [4.69, 9.17) is 4.98 Å². The number of nitrogens with one attached hydrogen (secondary N) is 2. The van der Waals surface area contributed by atoms with E-state index < -0.39 is 12.6 Å². The van der Waals surface area contributed by atoms with E-state index in [9.17, 15) is 5.11 Å². The Morgan fingerprint density at radius 3 is 1.62 bits per heavy atom.